The molecule has 1 heterocycles. The summed E-state index contributed by atoms with van der Waals surface area (Å²) in [5, 5.41) is 39.3. The highest BCUT2D eigenvalue weighted by Crippen LogP contribution is 2.49. The molecule has 178 valence electrons. The molecule has 0 radical (unpaired) electrons. The van der Waals surface area contributed by atoms with Crippen molar-refractivity contribution in [3.63, 3.8) is 0 Å². The average Bonchev–Trinajstić information content (AvgIpc) is 2.74. The van der Waals surface area contributed by atoms with Crippen molar-refractivity contribution in [3.8, 4) is 51.6 Å². The third kappa shape index (κ3) is 4.02. The van der Waals surface area contributed by atoms with Crippen molar-refractivity contribution in [2.24, 2.45) is 0 Å². The van der Waals surface area contributed by atoms with Crippen LogP contribution in [0.1, 0.15) is 20.8 Å². The second-order valence-corrected chi connectivity index (χ2v) is 13.9. The molecular weight excluding hydrogens is 448 g/mol. The molecule has 0 aliphatic carbocycles. The fourth-order valence-corrected chi connectivity index (χ4v) is 4.03. The van der Waals surface area contributed by atoms with Crippen molar-refractivity contribution < 1.29 is 38.7 Å². The van der Waals surface area contributed by atoms with E-state index in [1.807, 2.05) is 0 Å². The molecule has 0 aliphatic heterocycles. The van der Waals surface area contributed by atoms with Crippen LogP contribution in [0.4, 0.5) is 0 Å². The third-order valence-electron chi connectivity index (χ3n) is 5.98. The predicted molar refractivity (Wildman–Crippen MR) is 126 cm³/mol. The molecule has 3 rings (SSSR count). The summed E-state index contributed by atoms with van der Waals surface area (Å²) in [5.41, 5.74) is -0.865. The minimum absolute atomic E-state index is 0.00256. The quantitative estimate of drug-likeness (QED) is 0.235. The zero-order chi connectivity index (χ0) is 24.9. The zero-order valence-corrected chi connectivity index (χ0v) is 20.6. The Kier molecular flexibility index (Phi) is 5.93. The Labute approximate surface area is 191 Å². The number of hydrogen-bond acceptors (Lipinski definition) is 9. The Balaban J connectivity index is 2.25. The van der Waals surface area contributed by atoms with Crippen LogP contribution >= 0.6 is 0 Å². The first-order valence-corrected chi connectivity index (χ1v) is 13.0. The lowest BCUT2D eigenvalue weighted by atomic mass is 10.1. The summed E-state index contributed by atoms with van der Waals surface area (Å²) in [6.45, 7) is 10.5. The van der Waals surface area contributed by atoms with Crippen molar-refractivity contribution in [1.82, 2.24) is 0 Å². The maximum absolute atomic E-state index is 12.7. The Morgan fingerprint density at radius 3 is 1.85 bits per heavy atom. The molecular formula is C23H28O9Si. The van der Waals surface area contributed by atoms with Crippen LogP contribution in [0.2, 0.25) is 18.1 Å². The number of aromatic hydroxyl groups is 4. The van der Waals surface area contributed by atoms with E-state index in [2.05, 4.69) is 33.9 Å². The van der Waals surface area contributed by atoms with Gasteiger partial charge in [0.25, 0.3) is 8.32 Å². The first-order valence-electron chi connectivity index (χ1n) is 10.1. The molecule has 0 bridgehead atoms. The maximum atomic E-state index is 12.7. The Bertz CT molecular complexity index is 1260. The van der Waals surface area contributed by atoms with Gasteiger partial charge < -0.3 is 38.7 Å². The number of phenolic OH excluding ortho intramolecular Hbond substituents is 4. The summed E-state index contributed by atoms with van der Waals surface area (Å²) < 4.78 is 23.1. The molecule has 0 unspecified atom stereocenters. The third-order valence-corrected chi connectivity index (χ3v) is 10.3. The zero-order valence-electron chi connectivity index (χ0n) is 19.6. The van der Waals surface area contributed by atoms with E-state index in [0.717, 1.165) is 6.07 Å². The summed E-state index contributed by atoms with van der Waals surface area (Å²) in [7, 11) is 0.687. The van der Waals surface area contributed by atoms with Crippen LogP contribution in [0.25, 0.3) is 22.3 Å². The van der Waals surface area contributed by atoms with E-state index in [1.54, 1.807) is 12.1 Å². The molecule has 0 saturated carbocycles. The standard InChI is InChI=1S/C23H28O9Si/c1-23(2,3)33(6,7)32-21-14(29-4)8-11(9-15(21)30-5)13-10-12(24)16-17(25)18(26)19(27)20(28)22(16)31-13/h8-10,25-28H,1-7H3. The van der Waals surface area contributed by atoms with Crippen molar-refractivity contribution in [2.75, 3.05) is 14.2 Å². The lowest BCUT2D eigenvalue weighted by Crippen LogP contribution is -2.44. The molecule has 10 heteroatoms. The number of methoxy groups -OCH3 is 2. The fraction of sp³-hybridized carbons (Fsp3) is 0.348. The molecule has 3 aromatic rings. The van der Waals surface area contributed by atoms with Crippen molar-refractivity contribution in [1.29, 1.82) is 0 Å². The number of rotatable bonds is 5. The predicted octanol–water partition coefficient (Wildman–Crippen LogP) is 4.68. The van der Waals surface area contributed by atoms with Gasteiger partial charge in [-0.1, -0.05) is 20.8 Å². The van der Waals surface area contributed by atoms with Crippen LogP contribution in [-0.2, 0) is 0 Å². The van der Waals surface area contributed by atoms with Crippen LogP contribution in [0, 0.1) is 0 Å². The molecule has 0 spiro atoms. The topological polar surface area (TPSA) is 139 Å². The number of ether oxygens (including phenoxy) is 2. The van der Waals surface area contributed by atoms with Gasteiger partial charge in [-0.2, -0.15) is 0 Å². The molecule has 0 aliphatic rings. The minimum Gasteiger partial charge on any atom is -0.539 e. The van der Waals surface area contributed by atoms with Crippen LogP contribution in [0.5, 0.6) is 40.2 Å². The van der Waals surface area contributed by atoms with Gasteiger partial charge in [-0.25, -0.2) is 0 Å². The Morgan fingerprint density at radius 2 is 1.36 bits per heavy atom. The average molecular weight is 477 g/mol. The van der Waals surface area contributed by atoms with Gasteiger partial charge in [-0.3, -0.25) is 4.79 Å². The monoisotopic (exact) mass is 476 g/mol. The van der Waals surface area contributed by atoms with E-state index in [4.69, 9.17) is 18.3 Å². The molecule has 9 nitrogen and oxygen atoms in total. The van der Waals surface area contributed by atoms with E-state index in [-0.39, 0.29) is 10.8 Å². The first kappa shape index (κ1) is 24.1. The smallest absolute Gasteiger partial charge is 0.250 e. The van der Waals surface area contributed by atoms with E-state index in [0.29, 0.717) is 22.8 Å². The number of phenols is 4. The lowest BCUT2D eigenvalue weighted by molar-refractivity contribution is 0.346. The van der Waals surface area contributed by atoms with Gasteiger partial charge in [0.2, 0.25) is 17.2 Å². The molecule has 1 aromatic heterocycles. The van der Waals surface area contributed by atoms with Gasteiger partial charge in [-0.15, -0.1) is 0 Å². The van der Waals surface area contributed by atoms with Gasteiger partial charge in [0, 0.05) is 11.6 Å². The summed E-state index contributed by atoms with van der Waals surface area (Å²) in [4.78, 5) is 12.7. The van der Waals surface area contributed by atoms with Crippen LogP contribution in [-0.4, -0.2) is 43.0 Å². The minimum atomic E-state index is -2.25. The Morgan fingerprint density at radius 1 is 0.848 bits per heavy atom. The fourth-order valence-electron chi connectivity index (χ4n) is 3.01. The van der Waals surface area contributed by atoms with Crippen LogP contribution < -0.4 is 19.3 Å². The summed E-state index contributed by atoms with van der Waals surface area (Å²) >= 11 is 0. The summed E-state index contributed by atoms with van der Waals surface area (Å²) in [6.07, 6.45) is 0. The normalized spacial score (nSPS) is 12.1. The SMILES string of the molecule is COc1cc(-c2cc(=O)c3c(O)c(O)c(O)c(O)c3o2)cc(OC)c1O[Si](C)(C)C(C)(C)C. The Hall–Kier alpha value is -3.53. The van der Waals surface area contributed by atoms with Gasteiger partial charge in [-0.05, 0) is 30.3 Å². The first-order chi connectivity index (χ1) is 15.2. The molecule has 4 N–H and O–H groups in total. The molecule has 0 saturated heterocycles. The second-order valence-electron chi connectivity index (χ2n) is 9.15. The number of fused-ring (bicyclic) bond motifs is 1. The van der Waals surface area contributed by atoms with Crippen molar-refractivity contribution in [3.05, 3.63) is 28.4 Å². The highest BCUT2D eigenvalue weighted by atomic mass is 28.4. The highest BCUT2D eigenvalue weighted by Gasteiger charge is 2.40. The molecule has 0 fully saturated rings. The molecule has 0 amide bonds. The largest absolute Gasteiger partial charge is 0.539 e. The maximum Gasteiger partial charge on any atom is 0.250 e. The number of hydrogen-bond donors (Lipinski definition) is 4. The molecule has 0 atom stereocenters. The summed E-state index contributed by atoms with van der Waals surface area (Å²) in [5.74, 6) is -2.69. The van der Waals surface area contributed by atoms with Gasteiger partial charge >= 0.3 is 0 Å². The van der Waals surface area contributed by atoms with Crippen LogP contribution in [0.15, 0.2) is 27.4 Å². The van der Waals surface area contributed by atoms with E-state index in [1.165, 1.54) is 14.2 Å². The van der Waals surface area contributed by atoms with Crippen LogP contribution in [0.3, 0.4) is 0 Å². The van der Waals surface area contributed by atoms with E-state index in [9.17, 15) is 25.2 Å². The number of benzene rings is 2. The van der Waals surface area contributed by atoms with Gasteiger partial charge in [0.05, 0.1) is 14.2 Å². The lowest BCUT2D eigenvalue weighted by Gasteiger charge is -2.37. The molecule has 2 aromatic carbocycles. The van der Waals surface area contributed by atoms with Crippen molar-refractivity contribution >= 4 is 19.3 Å². The summed E-state index contributed by atoms with van der Waals surface area (Å²) in [6, 6.07) is 4.26. The van der Waals surface area contributed by atoms with Gasteiger partial charge in [0.15, 0.2) is 34.0 Å². The van der Waals surface area contributed by atoms with Gasteiger partial charge in [0.1, 0.15) is 11.1 Å². The van der Waals surface area contributed by atoms with E-state index < -0.39 is 47.7 Å². The second kappa shape index (κ2) is 8.11. The molecule has 33 heavy (non-hydrogen) atoms. The highest BCUT2D eigenvalue weighted by molar-refractivity contribution is 6.74. The van der Waals surface area contributed by atoms with Crippen molar-refractivity contribution in [2.45, 2.75) is 38.9 Å². The van der Waals surface area contributed by atoms with E-state index >= 15 is 0 Å².